The monoisotopic (exact) mass is 634 g/mol. The zero-order valence-electron chi connectivity index (χ0n) is 23.5. The number of halogens is 2. The van der Waals surface area contributed by atoms with Crippen molar-refractivity contribution >= 4 is 66.4 Å². The number of hydrogen-bond acceptors (Lipinski definition) is 9. The molecule has 0 radical (unpaired) electrons. The van der Waals surface area contributed by atoms with E-state index in [0.29, 0.717) is 9.40 Å². The minimum atomic E-state index is -1.10. The fraction of sp³-hybridized carbons (Fsp3) is 0.333. The standard InChI is InChI=1S/C30H28F2O9S2/c1-14(30(37)38)9-19(34)25-10-16-22(43-25)12-20(39-2)15(27(16)31)5-4-8-41-29-21(40-3)13-23-17(28(29)32)11-24(42-23)18(33)6-7-26(35)36/h10-14H,4-9H2,1-3H3,(H,35,36)(H,37,38). The second-order valence-corrected chi connectivity index (χ2v) is 11.9. The smallest absolute Gasteiger partial charge is 0.306 e. The van der Waals surface area contributed by atoms with Gasteiger partial charge in [0, 0.05) is 44.6 Å². The number of fused-ring (bicyclic) bond motifs is 2. The maximum atomic E-state index is 15.6. The lowest BCUT2D eigenvalue weighted by Crippen LogP contribution is -2.13. The van der Waals surface area contributed by atoms with E-state index in [1.165, 1.54) is 39.3 Å². The zero-order chi connectivity index (χ0) is 31.4. The van der Waals surface area contributed by atoms with Crippen molar-refractivity contribution in [1.82, 2.24) is 0 Å². The second-order valence-electron chi connectivity index (χ2n) is 9.77. The summed E-state index contributed by atoms with van der Waals surface area (Å²) < 4.78 is 48.4. The van der Waals surface area contributed by atoms with E-state index >= 15 is 8.78 Å². The molecule has 2 N–H and O–H groups in total. The molecule has 0 amide bonds. The molecule has 2 aromatic heterocycles. The molecule has 4 rings (SSSR count). The summed E-state index contributed by atoms with van der Waals surface area (Å²) >= 11 is 2.09. The predicted octanol–water partition coefficient (Wildman–Crippen LogP) is 6.76. The molecule has 9 nitrogen and oxygen atoms in total. The molecule has 1 unspecified atom stereocenters. The first-order valence-corrected chi connectivity index (χ1v) is 14.8. The van der Waals surface area contributed by atoms with E-state index in [4.69, 9.17) is 24.4 Å². The lowest BCUT2D eigenvalue weighted by Gasteiger charge is -2.14. The summed E-state index contributed by atoms with van der Waals surface area (Å²) in [5.74, 6) is -4.96. The predicted molar refractivity (Wildman–Crippen MR) is 157 cm³/mol. The van der Waals surface area contributed by atoms with Gasteiger partial charge >= 0.3 is 11.9 Å². The molecule has 1 atom stereocenters. The Morgan fingerprint density at radius 2 is 1.42 bits per heavy atom. The van der Waals surface area contributed by atoms with E-state index in [1.807, 2.05) is 0 Å². The number of ketones is 2. The average molecular weight is 635 g/mol. The van der Waals surface area contributed by atoms with Crippen LogP contribution in [-0.4, -0.2) is 54.5 Å². The minimum Gasteiger partial charge on any atom is -0.496 e. The van der Waals surface area contributed by atoms with E-state index in [-0.39, 0.29) is 87.8 Å². The van der Waals surface area contributed by atoms with Crippen LogP contribution < -0.4 is 14.2 Å². The van der Waals surface area contributed by atoms with Crippen LogP contribution in [0.25, 0.3) is 20.2 Å². The number of methoxy groups -OCH3 is 2. The SMILES string of the molecule is COc1cc2sc(C(=O)CC(C)C(=O)O)cc2c(F)c1CCCOc1c(OC)cc2sc(C(=O)CCC(=O)O)cc2c1F. The van der Waals surface area contributed by atoms with E-state index in [0.717, 1.165) is 22.7 Å². The van der Waals surface area contributed by atoms with Gasteiger partial charge in [0.1, 0.15) is 11.6 Å². The van der Waals surface area contributed by atoms with Gasteiger partial charge in [-0.2, -0.15) is 0 Å². The van der Waals surface area contributed by atoms with Crippen LogP contribution in [0.2, 0.25) is 0 Å². The van der Waals surface area contributed by atoms with Crippen molar-refractivity contribution in [1.29, 1.82) is 0 Å². The second kappa shape index (κ2) is 13.5. The Morgan fingerprint density at radius 1 is 0.837 bits per heavy atom. The first-order chi connectivity index (χ1) is 20.4. The van der Waals surface area contributed by atoms with Crippen molar-refractivity contribution in [3.05, 3.63) is 51.2 Å². The number of Topliss-reactive ketones (excluding diaryl/α,β-unsaturated/α-hetero) is 2. The average Bonchev–Trinajstić information content (AvgIpc) is 3.60. The zero-order valence-corrected chi connectivity index (χ0v) is 25.1. The van der Waals surface area contributed by atoms with Crippen LogP contribution in [0, 0.1) is 17.6 Å². The highest BCUT2D eigenvalue weighted by Gasteiger charge is 2.23. The Bertz CT molecular complexity index is 1720. The van der Waals surface area contributed by atoms with Crippen molar-refractivity contribution in [3.63, 3.8) is 0 Å². The van der Waals surface area contributed by atoms with Crippen LogP contribution in [0.3, 0.4) is 0 Å². The number of carbonyl (C=O) groups is 4. The third kappa shape index (κ3) is 6.94. The molecule has 0 saturated carbocycles. The summed E-state index contributed by atoms with van der Waals surface area (Å²) in [7, 11) is 2.74. The van der Waals surface area contributed by atoms with Gasteiger partial charge in [0.25, 0.3) is 0 Å². The van der Waals surface area contributed by atoms with Crippen molar-refractivity contribution in [3.8, 4) is 17.2 Å². The van der Waals surface area contributed by atoms with Gasteiger partial charge in [0.05, 0.1) is 42.9 Å². The molecule has 2 aromatic carbocycles. The lowest BCUT2D eigenvalue weighted by molar-refractivity contribution is -0.141. The first-order valence-electron chi connectivity index (χ1n) is 13.2. The van der Waals surface area contributed by atoms with E-state index in [1.54, 1.807) is 6.07 Å². The van der Waals surface area contributed by atoms with Crippen molar-refractivity contribution in [2.45, 2.75) is 39.0 Å². The summed E-state index contributed by atoms with van der Waals surface area (Å²) in [4.78, 5) is 47.3. The van der Waals surface area contributed by atoms with Gasteiger partial charge in [-0.05, 0) is 31.0 Å². The number of aliphatic carboxylic acids is 2. The highest BCUT2D eigenvalue weighted by atomic mass is 32.1. The maximum absolute atomic E-state index is 15.6. The summed E-state index contributed by atoms with van der Waals surface area (Å²) in [6, 6.07) is 5.95. The molecule has 13 heteroatoms. The summed E-state index contributed by atoms with van der Waals surface area (Å²) in [6.45, 7) is 1.41. The molecule has 0 bridgehead atoms. The number of carbonyl (C=O) groups excluding carboxylic acids is 2. The first kappa shape index (κ1) is 31.8. The fourth-order valence-corrected chi connectivity index (χ4v) is 6.56. The quantitative estimate of drug-likeness (QED) is 0.107. The van der Waals surface area contributed by atoms with Gasteiger partial charge in [-0.1, -0.05) is 6.92 Å². The Labute approximate surface area is 252 Å². The van der Waals surface area contributed by atoms with Crippen molar-refractivity contribution in [2.24, 2.45) is 5.92 Å². The maximum Gasteiger partial charge on any atom is 0.306 e. The molecule has 0 spiro atoms. The third-order valence-corrected chi connectivity index (χ3v) is 9.04. The van der Waals surface area contributed by atoms with E-state index in [9.17, 15) is 19.2 Å². The highest BCUT2D eigenvalue weighted by Crippen LogP contribution is 2.41. The lowest BCUT2D eigenvalue weighted by atomic mass is 10.0. The number of carboxylic acid groups (broad SMARTS) is 2. The van der Waals surface area contributed by atoms with Crippen LogP contribution in [0.1, 0.15) is 57.5 Å². The molecule has 4 aromatic rings. The van der Waals surface area contributed by atoms with E-state index in [2.05, 4.69) is 0 Å². The Morgan fingerprint density at radius 3 is 2.00 bits per heavy atom. The van der Waals surface area contributed by atoms with Gasteiger partial charge in [0.15, 0.2) is 28.9 Å². The van der Waals surface area contributed by atoms with Crippen LogP contribution in [-0.2, 0) is 16.0 Å². The van der Waals surface area contributed by atoms with Gasteiger partial charge in [-0.3, -0.25) is 19.2 Å². The van der Waals surface area contributed by atoms with Crippen LogP contribution >= 0.6 is 22.7 Å². The van der Waals surface area contributed by atoms with Gasteiger partial charge in [-0.15, -0.1) is 22.7 Å². The largest absolute Gasteiger partial charge is 0.496 e. The number of ether oxygens (including phenoxy) is 3. The summed E-state index contributed by atoms with van der Waals surface area (Å²) in [5, 5.41) is 18.3. The van der Waals surface area contributed by atoms with Crippen molar-refractivity contribution < 1.29 is 52.4 Å². The van der Waals surface area contributed by atoms with Crippen LogP contribution in [0.5, 0.6) is 17.2 Å². The molecule has 0 aliphatic carbocycles. The highest BCUT2D eigenvalue weighted by molar-refractivity contribution is 7.21. The molecule has 2 heterocycles. The third-order valence-electron chi connectivity index (χ3n) is 6.79. The fourth-order valence-electron chi connectivity index (χ4n) is 4.47. The number of carboxylic acids is 2. The van der Waals surface area contributed by atoms with Gasteiger partial charge in [0.2, 0.25) is 0 Å². The molecule has 228 valence electrons. The number of hydrogen-bond donors (Lipinski definition) is 2. The summed E-state index contributed by atoms with van der Waals surface area (Å²) in [6.07, 6.45) is -0.321. The molecule has 0 aliphatic rings. The molecule has 43 heavy (non-hydrogen) atoms. The number of benzene rings is 2. The summed E-state index contributed by atoms with van der Waals surface area (Å²) in [5.41, 5.74) is 0.250. The van der Waals surface area contributed by atoms with Crippen LogP contribution in [0.4, 0.5) is 8.78 Å². The topological polar surface area (TPSA) is 136 Å². The number of rotatable bonds is 15. The molecule has 0 aliphatic heterocycles. The Balaban J connectivity index is 1.50. The minimum absolute atomic E-state index is 0.0194. The number of thiophene rings is 2. The normalized spacial score (nSPS) is 11.9. The van der Waals surface area contributed by atoms with Crippen LogP contribution in [0.15, 0.2) is 24.3 Å². The van der Waals surface area contributed by atoms with Gasteiger partial charge < -0.3 is 24.4 Å². The molecule has 0 fully saturated rings. The van der Waals surface area contributed by atoms with Crippen molar-refractivity contribution in [2.75, 3.05) is 20.8 Å². The molecular weight excluding hydrogens is 606 g/mol. The molecule has 0 saturated heterocycles. The Kier molecular flexibility index (Phi) is 9.97. The van der Waals surface area contributed by atoms with E-state index < -0.39 is 35.3 Å². The Hall–Kier alpha value is -4.10. The molecular formula is C30H28F2O9S2. The van der Waals surface area contributed by atoms with Gasteiger partial charge in [-0.25, -0.2) is 8.78 Å².